The number of allylic oxidation sites excluding steroid dienone is 2. The number of fused-ring (bicyclic) bond motifs is 3. The van der Waals surface area contributed by atoms with Crippen LogP contribution >= 0.6 is 0 Å². The zero-order chi connectivity index (χ0) is 20.2. The normalized spacial score (nSPS) is 25.7. The summed E-state index contributed by atoms with van der Waals surface area (Å²) in [5.41, 5.74) is 5.19. The Labute approximate surface area is 171 Å². The van der Waals surface area contributed by atoms with Crippen molar-refractivity contribution in [1.29, 1.82) is 5.26 Å². The van der Waals surface area contributed by atoms with E-state index in [2.05, 4.69) is 59.9 Å². The number of aryl methyl sites for hydroxylation is 1. The molecule has 0 radical (unpaired) electrons. The molecule has 3 aromatic rings. The second kappa shape index (κ2) is 6.45. The number of benzene rings is 1. The Hall–Kier alpha value is -3.13. The molecule has 3 atom stereocenters. The minimum Gasteiger partial charge on any atom is -0.296 e. The molecule has 0 bridgehead atoms. The SMILES string of the molecule is C[C@@H]1CC(C#N)=C[C@]2(C)c3nc(-c4cnn(C)c4)n(-c4ccccc4)c3CC[C@@H]12. The Kier molecular flexibility index (Phi) is 3.99. The third kappa shape index (κ3) is 2.66. The molecule has 0 N–H and O–H groups in total. The van der Waals surface area contributed by atoms with Gasteiger partial charge in [0.25, 0.3) is 0 Å². The van der Waals surface area contributed by atoms with Gasteiger partial charge >= 0.3 is 0 Å². The van der Waals surface area contributed by atoms with E-state index in [4.69, 9.17) is 4.98 Å². The fourth-order valence-electron chi connectivity index (χ4n) is 5.51. The summed E-state index contributed by atoms with van der Waals surface area (Å²) in [7, 11) is 1.93. The van der Waals surface area contributed by atoms with Gasteiger partial charge in [-0.15, -0.1) is 0 Å². The molecule has 2 aromatic heterocycles. The minimum absolute atomic E-state index is 0.215. The summed E-state index contributed by atoms with van der Waals surface area (Å²) in [5.74, 6) is 1.92. The molecule has 5 nitrogen and oxygen atoms in total. The summed E-state index contributed by atoms with van der Waals surface area (Å²) in [5, 5.41) is 14.0. The predicted octanol–water partition coefficient (Wildman–Crippen LogP) is 4.58. The smallest absolute Gasteiger partial charge is 0.148 e. The maximum absolute atomic E-state index is 9.63. The van der Waals surface area contributed by atoms with Crippen molar-refractivity contribution in [2.24, 2.45) is 18.9 Å². The lowest BCUT2D eigenvalue weighted by atomic mass is 9.59. The molecule has 0 saturated carbocycles. The van der Waals surface area contributed by atoms with Crippen molar-refractivity contribution in [2.45, 2.75) is 38.5 Å². The molecule has 2 aliphatic carbocycles. The first-order valence-electron chi connectivity index (χ1n) is 10.3. The van der Waals surface area contributed by atoms with Gasteiger partial charge in [0.15, 0.2) is 0 Å². The number of aromatic nitrogens is 4. The molecule has 146 valence electrons. The summed E-state index contributed by atoms with van der Waals surface area (Å²) >= 11 is 0. The van der Waals surface area contributed by atoms with Gasteiger partial charge in [0.05, 0.1) is 23.5 Å². The van der Waals surface area contributed by atoms with Gasteiger partial charge in [-0.2, -0.15) is 10.4 Å². The highest BCUT2D eigenvalue weighted by Crippen LogP contribution is 2.51. The highest BCUT2D eigenvalue weighted by atomic mass is 15.2. The average Bonchev–Trinajstić information content (AvgIpc) is 3.32. The van der Waals surface area contributed by atoms with Gasteiger partial charge < -0.3 is 0 Å². The van der Waals surface area contributed by atoms with Gasteiger partial charge in [0.2, 0.25) is 0 Å². The van der Waals surface area contributed by atoms with Crippen LogP contribution < -0.4 is 0 Å². The zero-order valence-corrected chi connectivity index (χ0v) is 17.1. The monoisotopic (exact) mass is 383 g/mol. The number of rotatable bonds is 2. The van der Waals surface area contributed by atoms with Crippen LogP contribution in [0.3, 0.4) is 0 Å². The van der Waals surface area contributed by atoms with Crippen molar-refractivity contribution >= 4 is 0 Å². The number of nitriles is 1. The van der Waals surface area contributed by atoms with Gasteiger partial charge in [-0.25, -0.2) is 4.98 Å². The van der Waals surface area contributed by atoms with Crippen LogP contribution in [0.15, 0.2) is 54.4 Å². The maximum Gasteiger partial charge on any atom is 0.148 e. The van der Waals surface area contributed by atoms with E-state index < -0.39 is 0 Å². The van der Waals surface area contributed by atoms with Gasteiger partial charge in [0.1, 0.15) is 5.82 Å². The Morgan fingerprint density at radius 3 is 2.72 bits per heavy atom. The van der Waals surface area contributed by atoms with Crippen LogP contribution in [-0.4, -0.2) is 19.3 Å². The quantitative estimate of drug-likeness (QED) is 0.651. The Morgan fingerprint density at radius 1 is 1.24 bits per heavy atom. The molecule has 0 saturated heterocycles. The molecule has 5 rings (SSSR count). The number of hydrogen-bond acceptors (Lipinski definition) is 3. The van der Waals surface area contributed by atoms with E-state index in [9.17, 15) is 5.26 Å². The minimum atomic E-state index is -0.215. The molecule has 1 aromatic carbocycles. The van der Waals surface area contributed by atoms with Crippen molar-refractivity contribution in [2.75, 3.05) is 0 Å². The number of nitrogens with zero attached hydrogens (tertiary/aromatic N) is 5. The second-order valence-corrected chi connectivity index (χ2v) is 8.69. The van der Waals surface area contributed by atoms with Gasteiger partial charge in [-0.05, 0) is 43.2 Å². The molecule has 5 heteroatoms. The Balaban J connectivity index is 1.79. The molecule has 29 heavy (non-hydrogen) atoms. The molecular weight excluding hydrogens is 358 g/mol. The average molecular weight is 383 g/mol. The summed E-state index contributed by atoms with van der Waals surface area (Å²) in [4.78, 5) is 5.23. The molecular formula is C24H25N5. The first-order valence-corrected chi connectivity index (χ1v) is 10.3. The van der Waals surface area contributed by atoms with E-state index in [-0.39, 0.29) is 5.41 Å². The van der Waals surface area contributed by atoms with E-state index in [1.807, 2.05) is 30.2 Å². The number of hydrogen-bond donors (Lipinski definition) is 0. The van der Waals surface area contributed by atoms with Crippen molar-refractivity contribution in [3.8, 4) is 23.1 Å². The van der Waals surface area contributed by atoms with Crippen LogP contribution in [0.25, 0.3) is 17.1 Å². The lowest BCUT2D eigenvalue weighted by molar-refractivity contribution is 0.200. The number of para-hydroxylation sites is 1. The zero-order valence-electron chi connectivity index (χ0n) is 17.1. The Bertz CT molecular complexity index is 1140. The number of imidazole rings is 1. The molecule has 0 unspecified atom stereocenters. The van der Waals surface area contributed by atoms with Crippen LogP contribution in [0.1, 0.15) is 38.1 Å². The summed E-state index contributed by atoms with van der Waals surface area (Å²) in [6, 6.07) is 12.9. The highest BCUT2D eigenvalue weighted by molar-refractivity contribution is 5.61. The largest absolute Gasteiger partial charge is 0.296 e. The van der Waals surface area contributed by atoms with Gasteiger partial charge in [-0.1, -0.05) is 38.1 Å². The van der Waals surface area contributed by atoms with Crippen molar-refractivity contribution < 1.29 is 0 Å². The van der Waals surface area contributed by atoms with E-state index in [1.165, 1.54) is 5.69 Å². The van der Waals surface area contributed by atoms with E-state index in [0.717, 1.165) is 47.6 Å². The molecule has 0 amide bonds. The summed E-state index contributed by atoms with van der Waals surface area (Å²) in [6.07, 6.45) is 9.09. The summed E-state index contributed by atoms with van der Waals surface area (Å²) < 4.78 is 4.12. The second-order valence-electron chi connectivity index (χ2n) is 8.69. The molecule has 2 aliphatic rings. The van der Waals surface area contributed by atoms with E-state index in [1.54, 1.807) is 0 Å². The highest BCUT2D eigenvalue weighted by Gasteiger charge is 2.47. The fraction of sp³-hybridized carbons (Fsp3) is 0.375. The maximum atomic E-state index is 9.63. The summed E-state index contributed by atoms with van der Waals surface area (Å²) in [6.45, 7) is 4.56. The molecule has 0 spiro atoms. The van der Waals surface area contributed by atoms with Crippen molar-refractivity contribution in [3.05, 3.63) is 65.8 Å². The fourth-order valence-corrected chi connectivity index (χ4v) is 5.51. The topological polar surface area (TPSA) is 59.4 Å². The molecule has 2 heterocycles. The van der Waals surface area contributed by atoms with Crippen LogP contribution in [-0.2, 0) is 18.9 Å². The van der Waals surface area contributed by atoms with Crippen molar-refractivity contribution in [1.82, 2.24) is 19.3 Å². The lowest BCUT2D eigenvalue weighted by Gasteiger charge is -2.45. The van der Waals surface area contributed by atoms with Crippen LogP contribution in [0.2, 0.25) is 0 Å². The Morgan fingerprint density at radius 2 is 2.03 bits per heavy atom. The van der Waals surface area contributed by atoms with Gasteiger partial charge in [0, 0.05) is 35.6 Å². The molecule has 0 aliphatic heterocycles. The lowest BCUT2D eigenvalue weighted by Crippen LogP contribution is -2.42. The predicted molar refractivity (Wildman–Crippen MR) is 112 cm³/mol. The van der Waals surface area contributed by atoms with Gasteiger partial charge in [-0.3, -0.25) is 9.25 Å². The first-order chi connectivity index (χ1) is 14.0. The van der Waals surface area contributed by atoms with Crippen LogP contribution in [0, 0.1) is 23.2 Å². The first kappa shape index (κ1) is 17.9. The van der Waals surface area contributed by atoms with E-state index in [0.29, 0.717) is 11.8 Å². The molecule has 0 fully saturated rings. The van der Waals surface area contributed by atoms with E-state index >= 15 is 0 Å². The van der Waals surface area contributed by atoms with Crippen LogP contribution in [0.4, 0.5) is 0 Å². The standard InChI is InChI=1S/C24H25N5/c1-16-11-17(13-25)12-24(2)20(16)9-10-21-22(24)27-23(18-14-26-28(3)15-18)29(21)19-7-5-4-6-8-19/h4-8,12,14-16,20H,9-11H2,1-3H3/t16-,20+,24+/m1/s1. The van der Waals surface area contributed by atoms with Crippen LogP contribution in [0.5, 0.6) is 0 Å². The third-order valence-electron chi connectivity index (χ3n) is 6.77. The van der Waals surface area contributed by atoms with Crippen molar-refractivity contribution in [3.63, 3.8) is 0 Å². The third-order valence-corrected chi connectivity index (χ3v) is 6.77.